The van der Waals surface area contributed by atoms with Crippen molar-refractivity contribution in [1.29, 1.82) is 0 Å². The van der Waals surface area contributed by atoms with E-state index in [1.54, 1.807) is 31.2 Å². The number of hydrogen-bond donors (Lipinski definition) is 2. The number of hydrogen-bond acceptors (Lipinski definition) is 6. The van der Waals surface area contributed by atoms with Gasteiger partial charge in [0.1, 0.15) is 11.4 Å². The van der Waals surface area contributed by atoms with E-state index in [4.69, 9.17) is 4.74 Å². The molecule has 4 rings (SSSR count). The third-order valence-corrected chi connectivity index (χ3v) is 5.89. The Bertz CT molecular complexity index is 1100. The zero-order valence-corrected chi connectivity index (χ0v) is 18.8. The number of carbonyl (C=O) groups excluding carboxylic acids is 1. The molecule has 1 amide bonds. The Morgan fingerprint density at radius 2 is 1.91 bits per heavy atom. The molecule has 1 saturated heterocycles. The molecule has 0 saturated carbocycles. The molecule has 2 N–H and O–H groups in total. The number of nitrogens with one attached hydrogen (secondary N) is 1. The molecule has 1 fully saturated rings. The molecule has 0 aromatic heterocycles. The van der Waals surface area contributed by atoms with E-state index in [-0.39, 0.29) is 11.6 Å². The Labute approximate surface area is 193 Å². The van der Waals surface area contributed by atoms with Crippen LogP contribution in [0.3, 0.4) is 0 Å². The van der Waals surface area contributed by atoms with Crippen molar-refractivity contribution >= 4 is 23.3 Å². The number of carboxylic acid groups (broad SMARTS) is 1. The fourth-order valence-electron chi connectivity index (χ4n) is 4.13. The molecule has 2 aliphatic rings. The van der Waals surface area contributed by atoms with Crippen LogP contribution in [0.15, 0.2) is 71.0 Å². The number of benzene rings is 2. The summed E-state index contributed by atoms with van der Waals surface area (Å²) in [5.74, 6) is -1.84. The number of ether oxygens (including phenoxy) is 1. The highest BCUT2D eigenvalue weighted by atomic mass is 16.5. The molecule has 2 aromatic carbocycles. The van der Waals surface area contributed by atoms with E-state index in [2.05, 4.69) is 27.5 Å². The van der Waals surface area contributed by atoms with Crippen LogP contribution in [0.4, 0.5) is 5.69 Å². The van der Waals surface area contributed by atoms with Gasteiger partial charge in [-0.3, -0.25) is 14.5 Å². The first-order chi connectivity index (χ1) is 16.0. The van der Waals surface area contributed by atoms with Gasteiger partial charge in [-0.1, -0.05) is 42.5 Å². The predicted octanol–water partition coefficient (Wildman–Crippen LogP) is 2.87. The topological polar surface area (TPSA) is 94.5 Å². The van der Waals surface area contributed by atoms with Gasteiger partial charge in [0.15, 0.2) is 0 Å². The standard InChI is InChI=1S/C25H28N4O4/c1-17(25(31)32)23-22(24(30)29(27-23)20-11-6-7-12-21(20)33-2)19-16-28(14-8-13-26-19)15-18-9-4-3-5-10-18/h3-7,9-12,17,26H,8,13-16H2,1-2H3,(H,31,32)/b22-19-. The van der Waals surface area contributed by atoms with Crippen LogP contribution in [0.25, 0.3) is 0 Å². The third kappa shape index (κ3) is 4.75. The lowest BCUT2D eigenvalue weighted by Crippen LogP contribution is -2.32. The van der Waals surface area contributed by atoms with Gasteiger partial charge in [-0.25, -0.2) is 0 Å². The predicted molar refractivity (Wildman–Crippen MR) is 126 cm³/mol. The lowest BCUT2D eigenvalue weighted by molar-refractivity contribution is -0.138. The summed E-state index contributed by atoms with van der Waals surface area (Å²) in [4.78, 5) is 27.8. The summed E-state index contributed by atoms with van der Waals surface area (Å²) >= 11 is 0. The first-order valence-electron chi connectivity index (χ1n) is 11.0. The van der Waals surface area contributed by atoms with E-state index in [1.807, 2.05) is 18.2 Å². The normalized spacial score (nSPS) is 20.1. The van der Waals surface area contributed by atoms with Crippen molar-refractivity contribution in [2.75, 3.05) is 31.8 Å². The number of carboxylic acids is 1. The number of hydrazone groups is 1. The van der Waals surface area contributed by atoms with Crippen LogP contribution in [-0.4, -0.2) is 54.3 Å². The fourth-order valence-corrected chi connectivity index (χ4v) is 4.13. The van der Waals surface area contributed by atoms with E-state index < -0.39 is 11.9 Å². The second kappa shape index (κ2) is 9.87. The number of aliphatic carboxylic acids is 1. The van der Waals surface area contributed by atoms with Gasteiger partial charge in [-0.05, 0) is 31.0 Å². The maximum Gasteiger partial charge on any atom is 0.312 e. The molecule has 0 radical (unpaired) electrons. The van der Waals surface area contributed by atoms with Crippen LogP contribution in [0.1, 0.15) is 18.9 Å². The SMILES string of the molecule is COc1ccccc1N1N=C(C(C)C(=O)O)/C(=C2\CN(Cc3ccccc3)CCCN2)C1=O. The average Bonchev–Trinajstić information content (AvgIpc) is 3.00. The summed E-state index contributed by atoms with van der Waals surface area (Å²) in [5.41, 5.74) is 2.95. The number of anilines is 1. The van der Waals surface area contributed by atoms with E-state index in [0.29, 0.717) is 35.8 Å². The van der Waals surface area contributed by atoms with Crippen molar-refractivity contribution in [1.82, 2.24) is 10.2 Å². The van der Waals surface area contributed by atoms with Gasteiger partial charge in [-0.15, -0.1) is 0 Å². The van der Waals surface area contributed by atoms with Gasteiger partial charge in [0, 0.05) is 31.9 Å². The van der Waals surface area contributed by atoms with Gasteiger partial charge in [-0.2, -0.15) is 10.1 Å². The summed E-state index contributed by atoms with van der Waals surface area (Å²) < 4.78 is 5.41. The monoisotopic (exact) mass is 448 g/mol. The minimum atomic E-state index is -1.03. The molecule has 1 unspecified atom stereocenters. The highest BCUT2D eigenvalue weighted by Crippen LogP contribution is 2.34. The summed E-state index contributed by atoms with van der Waals surface area (Å²) in [6.45, 7) is 4.36. The largest absolute Gasteiger partial charge is 0.494 e. The maximum atomic E-state index is 13.6. The van der Waals surface area contributed by atoms with Crippen LogP contribution in [-0.2, 0) is 16.1 Å². The molecule has 8 heteroatoms. The van der Waals surface area contributed by atoms with Gasteiger partial charge >= 0.3 is 5.97 Å². The first kappa shape index (κ1) is 22.5. The smallest absolute Gasteiger partial charge is 0.312 e. The van der Waals surface area contributed by atoms with E-state index in [9.17, 15) is 14.7 Å². The van der Waals surface area contributed by atoms with Crippen molar-refractivity contribution in [3.8, 4) is 5.75 Å². The maximum absolute atomic E-state index is 13.6. The van der Waals surface area contributed by atoms with Gasteiger partial charge in [0.2, 0.25) is 0 Å². The number of rotatable bonds is 6. The van der Waals surface area contributed by atoms with Crippen molar-refractivity contribution in [2.24, 2.45) is 11.0 Å². The Morgan fingerprint density at radius 3 is 2.64 bits per heavy atom. The Balaban J connectivity index is 1.73. The van der Waals surface area contributed by atoms with E-state index >= 15 is 0 Å². The molecule has 172 valence electrons. The van der Waals surface area contributed by atoms with Gasteiger partial charge in [0.05, 0.1) is 24.3 Å². The summed E-state index contributed by atoms with van der Waals surface area (Å²) in [6.07, 6.45) is 0.912. The van der Waals surface area contributed by atoms with Crippen LogP contribution >= 0.6 is 0 Å². The van der Waals surface area contributed by atoms with E-state index in [1.165, 1.54) is 17.7 Å². The molecule has 2 aromatic rings. The lowest BCUT2D eigenvalue weighted by Gasteiger charge is -2.22. The van der Waals surface area contributed by atoms with Crippen LogP contribution in [0.2, 0.25) is 0 Å². The van der Waals surface area contributed by atoms with Crippen LogP contribution in [0, 0.1) is 5.92 Å². The molecular weight excluding hydrogens is 420 g/mol. The van der Waals surface area contributed by atoms with Gasteiger partial charge in [0.25, 0.3) is 5.91 Å². The molecule has 0 bridgehead atoms. The minimum absolute atomic E-state index is 0.252. The highest BCUT2D eigenvalue weighted by Gasteiger charge is 2.40. The number of nitrogens with zero attached hydrogens (tertiary/aromatic N) is 3. The highest BCUT2D eigenvalue weighted by molar-refractivity contribution is 6.34. The Morgan fingerprint density at radius 1 is 1.18 bits per heavy atom. The number of amides is 1. The van der Waals surface area contributed by atoms with Gasteiger partial charge < -0.3 is 15.2 Å². The zero-order chi connectivity index (χ0) is 23.4. The fraction of sp³-hybridized carbons (Fsp3) is 0.320. The second-order valence-corrected chi connectivity index (χ2v) is 8.16. The number of methoxy groups -OCH3 is 1. The zero-order valence-electron chi connectivity index (χ0n) is 18.8. The number of carbonyl (C=O) groups is 2. The van der Waals surface area contributed by atoms with Crippen LogP contribution < -0.4 is 15.1 Å². The third-order valence-electron chi connectivity index (χ3n) is 5.89. The van der Waals surface area contributed by atoms with Crippen molar-refractivity contribution in [3.05, 3.63) is 71.4 Å². The number of para-hydroxylation sites is 2. The molecule has 33 heavy (non-hydrogen) atoms. The van der Waals surface area contributed by atoms with Crippen molar-refractivity contribution in [3.63, 3.8) is 0 Å². The second-order valence-electron chi connectivity index (χ2n) is 8.16. The summed E-state index contributed by atoms with van der Waals surface area (Å²) in [7, 11) is 1.53. The molecular formula is C25H28N4O4. The average molecular weight is 449 g/mol. The summed E-state index contributed by atoms with van der Waals surface area (Å²) in [6, 6.07) is 17.2. The molecule has 2 heterocycles. The molecule has 0 aliphatic carbocycles. The Kier molecular flexibility index (Phi) is 6.74. The van der Waals surface area contributed by atoms with Crippen molar-refractivity contribution < 1.29 is 19.4 Å². The summed E-state index contributed by atoms with van der Waals surface area (Å²) in [5, 5.41) is 18.8. The van der Waals surface area contributed by atoms with Crippen LogP contribution in [0.5, 0.6) is 5.75 Å². The molecule has 0 spiro atoms. The quantitative estimate of drug-likeness (QED) is 0.660. The Hall–Kier alpha value is -3.65. The molecule has 2 aliphatic heterocycles. The lowest BCUT2D eigenvalue weighted by atomic mass is 9.96. The molecule has 1 atom stereocenters. The first-order valence-corrected chi connectivity index (χ1v) is 11.0. The molecule has 8 nitrogen and oxygen atoms in total. The van der Waals surface area contributed by atoms with Crippen molar-refractivity contribution in [2.45, 2.75) is 19.9 Å². The van der Waals surface area contributed by atoms with E-state index in [0.717, 1.165) is 19.5 Å². The minimum Gasteiger partial charge on any atom is -0.494 e.